The number of benzene rings is 1. The molecule has 0 bridgehead atoms. The standard InChI is InChI=1S/C16H22N4O/c1-11(12-6-8-17-9-7-12)10-15(21)20-16-18-13-4-2-3-5-14(13)19-16/h2-5,11-12,17H,6-10H2,1H3,(H2,18,19,20,21). The summed E-state index contributed by atoms with van der Waals surface area (Å²) in [4.78, 5) is 19.7. The number of carbonyl (C=O) groups is 1. The van der Waals surface area contributed by atoms with E-state index in [1.165, 1.54) is 12.8 Å². The Hall–Kier alpha value is -1.88. The summed E-state index contributed by atoms with van der Waals surface area (Å²) in [5.74, 6) is 1.64. The monoisotopic (exact) mass is 286 g/mol. The van der Waals surface area contributed by atoms with Crippen LogP contribution in [0.5, 0.6) is 0 Å². The zero-order valence-corrected chi connectivity index (χ0v) is 12.4. The molecule has 1 atom stereocenters. The molecule has 21 heavy (non-hydrogen) atoms. The zero-order valence-electron chi connectivity index (χ0n) is 12.4. The number of aromatic amines is 1. The number of hydrogen-bond donors (Lipinski definition) is 3. The Morgan fingerprint density at radius 3 is 2.90 bits per heavy atom. The molecule has 0 radical (unpaired) electrons. The summed E-state index contributed by atoms with van der Waals surface area (Å²) in [6.07, 6.45) is 2.89. The van der Waals surface area contributed by atoms with E-state index >= 15 is 0 Å². The van der Waals surface area contributed by atoms with E-state index in [-0.39, 0.29) is 5.91 Å². The number of aromatic nitrogens is 2. The number of nitrogens with one attached hydrogen (secondary N) is 3. The van der Waals surface area contributed by atoms with Crippen molar-refractivity contribution in [1.29, 1.82) is 0 Å². The highest BCUT2D eigenvalue weighted by molar-refractivity contribution is 5.91. The zero-order chi connectivity index (χ0) is 14.7. The Morgan fingerprint density at radius 1 is 1.38 bits per heavy atom. The van der Waals surface area contributed by atoms with Gasteiger partial charge in [-0.15, -0.1) is 0 Å². The van der Waals surface area contributed by atoms with Crippen LogP contribution in [0.4, 0.5) is 5.95 Å². The molecule has 0 aliphatic carbocycles. The first-order valence-corrected chi connectivity index (χ1v) is 7.67. The summed E-state index contributed by atoms with van der Waals surface area (Å²) < 4.78 is 0. The second-order valence-corrected chi connectivity index (χ2v) is 5.92. The summed E-state index contributed by atoms with van der Waals surface area (Å²) in [7, 11) is 0. The molecule has 2 aromatic rings. The van der Waals surface area contributed by atoms with Gasteiger partial charge in [-0.1, -0.05) is 19.1 Å². The van der Waals surface area contributed by atoms with E-state index in [1.54, 1.807) is 0 Å². The average molecular weight is 286 g/mol. The van der Waals surface area contributed by atoms with Crippen LogP contribution in [0.1, 0.15) is 26.2 Å². The quantitative estimate of drug-likeness (QED) is 0.809. The van der Waals surface area contributed by atoms with Crippen LogP contribution in [0.25, 0.3) is 11.0 Å². The molecule has 1 unspecified atom stereocenters. The third-order valence-electron chi connectivity index (χ3n) is 4.34. The van der Waals surface area contributed by atoms with Gasteiger partial charge in [0.15, 0.2) is 0 Å². The highest BCUT2D eigenvalue weighted by Gasteiger charge is 2.22. The van der Waals surface area contributed by atoms with Crippen molar-refractivity contribution in [2.75, 3.05) is 18.4 Å². The van der Waals surface area contributed by atoms with Crippen LogP contribution in [0.2, 0.25) is 0 Å². The number of fused-ring (bicyclic) bond motifs is 1. The molecule has 1 aliphatic heterocycles. The predicted molar refractivity (Wildman–Crippen MR) is 84.1 cm³/mol. The van der Waals surface area contributed by atoms with Gasteiger partial charge in [0.05, 0.1) is 11.0 Å². The van der Waals surface area contributed by atoms with E-state index in [0.717, 1.165) is 24.1 Å². The van der Waals surface area contributed by atoms with Gasteiger partial charge in [-0.2, -0.15) is 0 Å². The summed E-state index contributed by atoms with van der Waals surface area (Å²) in [6, 6.07) is 7.77. The van der Waals surface area contributed by atoms with Crippen molar-refractivity contribution < 1.29 is 4.79 Å². The smallest absolute Gasteiger partial charge is 0.226 e. The summed E-state index contributed by atoms with van der Waals surface area (Å²) in [5, 5.41) is 6.24. The molecule has 5 heteroatoms. The Morgan fingerprint density at radius 2 is 2.14 bits per heavy atom. The van der Waals surface area contributed by atoms with Gasteiger partial charge in [0, 0.05) is 6.42 Å². The second-order valence-electron chi connectivity index (χ2n) is 5.92. The molecule has 1 saturated heterocycles. The van der Waals surface area contributed by atoms with Crippen molar-refractivity contribution in [2.45, 2.75) is 26.2 Å². The number of piperidine rings is 1. The van der Waals surface area contributed by atoms with Gasteiger partial charge in [-0.05, 0) is 49.9 Å². The fourth-order valence-electron chi connectivity index (χ4n) is 3.07. The fraction of sp³-hybridized carbons (Fsp3) is 0.500. The van der Waals surface area contributed by atoms with Crippen molar-refractivity contribution in [3.05, 3.63) is 24.3 Å². The van der Waals surface area contributed by atoms with E-state index in [0.29, 0.717) is 24.2 Å². The molecule has 1 fully saturated rings. The minimum absolute atomic E-state index is 0.0417. The van der Waals surface area contributed by atoms with Gasteiger partial charge in [0.25, 0.3) is 0 Å². The molecule has 0 spiro atoms. The normalized spacial score (nSPS) is 17.8. The van der Waals surface area contributed by atoms with Crippen molar-refractivity contribution in [2.24, 2.45) is 11.8 Å². The number of carbonyl (C=O) groups excluding carboxylic acids is 1. The van der Waals surface area contributed by atoms with Crippen LogP contribution in [0.3, 0.4) is 0 Å². The number of nitrogens with zero attached hydrogens (tertiary/aromatic N) is 1. The first-order chi connectivity index (χ1) is 10.2. The molecule has 1 aromatic carbocycles. The SMILES string of the molecule is CC(CC(=O)Nc1nc2ccccc2[nH]1)C1CCNCC1. The maximum absolute atomic E-state index is 12.2. The lowest BCUT2D eigenvalue weighted by Gasteiger charge is -2.27. The van der Waals surface area contributed by atoms with Crippen molar-refractivity contribution in [3.63, 3.8) is 0 Å². The topological polar surface area (TPSA) is 69.8 Å². The van der Waals surface area contributed by atoms with Crippen LogP contribution in [0.15, 0.2) is 24.3 Å². The molecule has 1 aromatic heterocycles. The number of rotatable bonds is 4. The van der Waals surface area contributed by atoms with E-state index in [1.807, 2.05) is 24.3 Å². The molecule has 112 valence electrons. The number of hydrogen-bond acceptors (Lipinski definition) is 3. The Labute approximate surface area is 124 Å². The van der Waals surface area contributed by atoms with Gasteiger partial charge >= 0.3 is 0 Å². The molecule has 2 heterocycles. The Balaban J connectivity index is 1.58. The maximum atomic E-state index is 12.2. The second kappa shape index (κ2) is 6.26. The van der Waals surface area contributed by atoms with Crippen LogP contribution < -0.4 is 10.6 Å². The van der Waals surface area contributed by atoms with Crippen LogP contribution in [-0.4, -0.2) is 29.0 Å². The number of imidazole rings is 1. The van der Waals surface area contributed by atoms with Crippen LogP contribution in [0, 0.1) is 11.8 Å². The van der Waals surface area contributed by atoms with E-state index < -0.39 is 0 Å². The highest BCUT2D eigenvalue weighted by Crippen LogP contribution is 2.24. The molecule has 3 N–H and O–H groups in total. The minimum Gasteiger partial charge on any atom is -0.324 e. The van der Waals surface area contributed by atoms with Crippen molar-refractivity contribution >= 4 is 22.9 Å². The average Bonchev–Trinajstić information content (AvgIpc) is 2.90. The predicted octanol–water partition coefficient (Wildman–Crippen LogP) is 2.53. The Bertz CT molecular complexity index is 583. The summed E-state index contributed by atoms with van der Waals surface area (Å²) in [6.45, 7) is 4.31. The van der Waals surface area contributed by atoms with Gasteiger partial charge in [0.1, 0.15) is 0 Å². The first-order valence-electron chi connectivity index (χ1n) is 7.67. The maximum Gasteiger partial charge on any atom is 0.226 e. The van der Waals surface area contributed by atoms with Gasteiger partial charge in [0.2, 0.25) is 11.9 Å². The van der Waals surface area contributed by atoms with Crippen molar-refractivity contribution in [1.82, 2.24) is 15.3 Å². The number of para-hydroxylation sites is 2. The van der Waals surface area contributed by atoms with Crippen molar-refractivity contribution in [3.8, 4) is 0 Å². The number of H-pyrrole nitrogens is 1. The third-order valence-corrected chi connectivity index (χ3v) is 4.34. The van der Waals surface area contributed by atoms with E-state index in [2.05, 4.69) is 27.5 Å². The molecule has 5 nitrogen and oxygen atoms in total. The first kappa shape index (κ1) is 14.1. The molecule has 0 saturated carbocycles. The summed E-state index contributed by atoms with van der Waals surface area (Å²) >= 11 is 0. The van der Waals surface area contributed by atoms with Crippen LogP contribution in [-0.2, 0) is 4.79 Å². The molecular formula is C16H22N4O. The molecule has 3 rings (SSSR count). The minimum atomic E-state index is 0.0417. The molecule has 1 aliphatic rings. The Kier molecular flexibility index (Phi) is 4.20. The van der Waals surface area contributed by atoms with Gasteiger partial charge in [-0.25, -0.2) is 4.98 Å². The fourth-order valence-corrected chi connectivity index (χ4v) is 3.07. The lowest BCUT2D eigenvalue weighted by Crippen LogP contribution is -2.32. The van der Waals surface area contributed by atoms with Gasteiger partial charge < -0.3 is 10.3 Å². The lowest BCUT2D eigenvalue weighted by molar-refractivity contribution is -0.117. The lowest BCUT2D eigenvalue weighted by atomic mass is 9.84. The van der Waals surface area contributed by atoms with E-state index in [4.69, 9.17) is 0 Å². The largest absolute Gasteiger partial charge is 0.324 e. The molecular weight excluding hydrogens is 264 g/mol. The molecule has 1 amide bonds. The summed E-state index contributed by atoms with van der Waals surface area (Å²) in [5.41, 5.74) is 1.82. The number of amides is 1. The van der Waals surface area contributed by atoms with Crippen LogP contribution >= 0.6 is 0 Å². The highest BCUT2D eigenvalue weighted by atomic mass is 16.1. The van der Waals surface area contributed by atoms with Gasteiger partial charge in [-0.3, -0.25) is 10.1 Å². The third kappa shape index (κ3) is 3.42. The number of anilines is 1. The van der Waals surface area contributed by atoms with E-state index in [9.17, 15) is 4.79 Å².